The number of hydrogen-bond acceptors (Lipinski definition) is 3. The van der Waals surface area contributed by atoms with Gasteiger partial charge in [0, 0.05) is 31.9 Å². The minimum absolute atomic E-state index is 0.304. The highest BCUT2D eigenvalue weighted by Gasteiger charge is 2.30. The number of aromatic nitrogens is 2. The van der Waals surface area contributed by atoms with Crippen molar-refractivity contribution in [1.29, 1.82) is 0 Å². The molecule has 5 nitrogen and oxygen atoms in total. The zero-order valence-electron chi connectivity index (χ0n) is 9.75. The maximum Gasteiger partial charge on any atom is 0.303 e. The molecule has 92 valence electrons. The van der Waals surface area contributed by atoms with Gasteiger partial charge < -0.3 is 9.67 Å². The Bertz CT molecular complexity index is 419. The topological polar surface area (TPSA) is 58.4 Å². The number of carboxylic acid groups (broad SMARTS) is 1. The first kappa shape index (κ1) is 10.8. The van der Waals surface area contributed by atoms with E-state index >= 15 is 0 Å². The third-order valence-electron chi connectivity index (χ3n) is 3.57. The zero-order valence-corrected chi connectivity index (χ0v) is 9.75. The second-order valence-electron chi connectivity index (χ2n) is 5.18. The lowest BCUT2D eigenvalue weighted by atomic mass is 9.96. The number of rotatable bonds is 5. The molecule has 2 aliphatic rings. The van der Waals surface area contributed by atoms with Gasteiger partial charge in [-0.15, -0.1) is 0 Å². The van der Waals surface area contributed by atoms with Crippen LogP contribution in [0.1, 0.15) is 31.0 Å². The molecule has 1 saturated heterocycles. The van der Waals surface area contributed by atoms with Crippen LogP contribution < -0.4 is 0 Å². The second-order valence-corrected chi connectivity index (χ2v) is 5.18. The number of nitrogens with zero attached hydrogens (tertiary/aromatic N) is 3. The van der Waals surface area contributed by atoms with Crippen molar-refractivity contribution < 1.29 is 9.90 Å². The van der Waals surface area contributed by atoms with Gasteiger partial charge in [-0.05, 0) is 18.8 Å². The number of hydrogen-bond donors (Lipinski definition) is 1. The van der Waals surface area contributed by atoms with Crippen molar-refractivity contribution in [2.24, 2.45) is 5.92 Å². The fourth-order valence-electron chi connectivity index (χ4n) is 2.55. The zero-order chi connectivity index (χ0) is 11.8. The molecule has 0 atom stereocenters. The molecule has 1 saturated carbocycles. The summed E-state index contributed by atoms with van der Waals surface area (Å²) in [6, 6.07) is 0.670. The average molecular weight is 235 g/mol. The van der Waals surface area contributed by atoms with Crippen LogP contribution in [0.3, 0.4) is 0 Å². The van der Waals surface area contributed by atoms with Gasteiger partial charge in [-0.1, -0.05) is 0 Å². The molecule has 0 amide bonds. The van der Waals surface area contributed by atoms with Crippen LogP contribution in [0, 0.1) is 5.92 Å². The molecule has 0 radical (unpaired) electrons. The van der Waals surface area contributed by atoms with Crippen LogP contribution >= 0.6 is 0 Å². The predicted molar refractivity (Wildman–Crippen MR) is 61.5 cm³/mol. The molecule has 1 aliphatic carbocycles. The number of likely N-dealkylation sites (tertiary alicyclic amines) is 1. The summed E-state index contributed by atoms with van der Waals surface area (Å²) in [7, 11) is 0. The molecule has 1 aromatic heterocycles. The number of carbonyl (C=O) groups is 1. The van der Waals surface area contributed by atoms with Crippen LogP contribution in [0.25, 0.3) is 0 Å². The molecule has 5 heteroatoms. The summed E-state index contributed by atoms with van der Waals surface area (Å²) in [6.45, 7) is 2.72. The van der Waals surface area contributed by atoms with Gasteiger partial charge in [0.2, 0.25) is 0 Å². The Morgan fingerprint density at radius 3 is 2.88 bits per heavy atom. The SMILES string of the molecule is O=C(O)CC1CN(Cc2cncn2C2CC2)C1. The number of carboxylic acids is 1. The Kier molecular flexibility index (Phi) is 2.63. The van der Waals surface area contributed by atoms with E-state index in [-0.39, 0.29) is 0 Å². The van der Waals surface area contributed by atoms with Crippen molar-refractivity contribution in [3.05, 3.63) is 18.2 Å². The lowest BCUT2D eigenvalue weighted by Crippen LogP contribution is -2.46. The smallest absolute Gasteiger partial charge is 0.303 e. The molecule has 0 spiro atoms. The molecule has 0 unspecified atom stereocenters. The van der Waals surface area contributed by atoms with Gasteiger partial charge in [-0.2, -0.15) is 0 Å². The first-order chi connectivity index (χ1) is 8.22. The van der Waals surface area contributed by atoms with Gasteiger partial charge >= 0.3 is 5.97 Å². The summed E-state index contributed by atoms with van der Waals surface area (Å²) in [6.07, 6.45) is 6.69. The number of imidazole rings is 1. The molecule has 2 fully saturated rings. The van der Waals surface area contributed by atoms with Crippen molar-refractivity contribution in [3.63, 3.8) is 0 Å². The van der Waals surface area contributed by atoms with Gasteiger partial charge in [0.25, 0.3) is 0 Å². The Morgan fingerprint density at radius 1 is 1.47 bits per heavy atom. The van der Waals surface area contributed by atoms with E-state index in [4.69, 9.17) is 5.11 Å². The predicted octanol–water partition coefficient (Wildman–Crippen LogP) is 1.12. The van der Waals surface area contributed by atoms with Gasteiger partial charge in [0.1, 0.15) is 0 Å². The van der Waals surface area contributed by atoms with Gasteiger partial charge in [-0.3, -0.25) is 9.69 Å². The summed E-state index contributed by atoms with van der Waals surface area (Å²) in [5.74, 6) is -0.345. The highest BCUT2D eigenvalue weighted by atomic mass is 16.4. The summed E-state index contributed by atoms with van der Waals surface area (Å²) in [5.41, 5.74) is 1.27. The fraction of sp³-hybridized carbons (Fsp3) is 0.667. The maximum atomic E-state index is 10.5. The quantitative estimate of drug-likeness (QED) is 0.831. The average Bonchev–Trinajstić information content (AvgIpc) is 2.96. The van der Waals surface area contributed by atoms with Crippen LogP contribution in [0.2, 0.25) is 0 Å². The normalized spacial score (nSPS) is 21.4. The molecule has 2 heterocycles. The lowest BCUT2D eigenvalue weighted by Gasteiger charge is -2.38. The molecule has 17 heavy (non-hydrogen) atoms. The standard InChI is InChI=1S/C12H17N3O2/c16-12(17)3-9-5-14(6-9)7-11-4-13-8-15(11)10-1-2-10/h4,8-10H,1-3,5-7H2,(H,16,17). The molecule has 0 aromatic carbocycles. The van der Waals surface area contributed by atoms with Crippen LogP contribution in [-0.4, -0.2) is 38.6 Å². The highest BCUT2D eigenvalue weighted by molar-refractivity contribution is 5.67. The van der Waals surface area contributed by atoms with Crippen molar-refractivity contribution in [2.45, 2.75) is 31.8 Å². The first-order valence-electron chi connectivity index (χ1n) is 6.17. The third-order valence-corrected chi connectivity index (χ3v) is 3.57. The van der Waals surface area contributed by atoms with Crippen molar-refractivity contribution >= 4 is 5.97 Å². The monoisotopic (exact) mass is 235 g/mol. The second kappa shape index (κ2) is 4.14. The van der Waals surface area contributed by atoms with Gasteiger partial charge in [0.05, 0.1) is 18.4 Å². The Morgan fingerprint density at radius 2 is 2.24 bits per heavy atom. The molecular formula is C12H17N3O2. The van der Waals surface area contributed by atoms with E-state index in [1.165, 1.54) is 18.5 Å². The van der Waals surface area contributed by atoms with E-state index in [0.29, 0.717) is 18.4 Å². The summed E-state index contributed by atoms with van der Waals surface area (Å²) >= 11 is 0. The Hall–Kier alpha value is -1.36. The van der Waals surface area contributed by atoms with E-state index in [0.717, 1.165) is 19.6 Å². The Balaban J connectivity index is 1.51. The molecular weight excluding hydrogens is 218 g/mol. The minimum Gasteiger partial charge on any atom is -0.481 e. The molecule has 0 bridgehead atoms. The van der Waals surface area contributed by atoms with Gasteiger partial charge in [0.15, 0.2) is 0 Å². The molecule has 1 N–H and O–H groups in total. The lowest BCUT2D eigenvalue weighted by molar-refractivity contribution is -0.139. The van der Waals surface area contributed by atoms with E-state index in [2.05, 4.69) is 14.5 Å². The fourth-order valence-corrected chi connectivity index (χ4v) is 2.55. The van der Waals surface area contributed by atoms with E-state index in [1.807, 2.05) is 12.5 Å². The first-order valence-corrected chi connectivity index (χ1v) is 6.17. The summed E-state index contributed by atoms with van der Waals surface area (Å²) in [4.78, 5) is 17.0. The molecule has 1 aromatic rings. The minimum atomic E-state index is -0.683. The maximum absolute atomic E-state index is 10.5. The highest BCUT2D eigenvalue weighted by Crippen LogP contribution is 2.36. The van der Waals surface area contributed by atoms with Crippen LogP contribution in [0.4, 0.5) is 0 Å². The van der Waals surface area contributed by atoms with Crippen molar-refractivity contribution in [1.82, 2.24) is 14.5 Å². The van der Waals surface area contributed by atoms with Crippen molar-refractivity contribution in [2.75, 3.05) is 13.1 Å². The molecule has 1 aliphatic heterocycles. The molecule has 3 rings (SSSR count). The van der Waals surface area contributed by atoms with Crippen LogP contribution in [-0.2, 0) is 11.3 Å². The van der Waals surface area contributed by atoms with E-state index in [1.54, 1.807) is 0 Å². The summed E-state index contributed by atoms with van der Waals surface area (Å²) < 4.78 is 2.27. The van der Waals surface area contributed by atoms with Crippen molar-refractivity contribution in [3.8, 4) is 0 Å². The van der Waals surface area contributed by atoms with Crippen LogP contribution in [0.5, 0.6) is 0 Å². The van der Waals surface area contributed by atoms with Gasteiger partial charge in [-0.25, -0.2) is 4.98 Å². The largest absolute Gasteiger partial charge is 0.481 e. The summed E-state index contributed by atoms with van der Waals surface area (Å²) in [5, 5.41) is 8.68. The van der Waals surface area contributed by atoms with E-state index in [9.17, 15) is 4.79 Å². The number of aliphatic carboxylic acids is 1. The Labute approximate surface area is 100 Å². The third kappa shape index (κ3) is 2.34. The van der Waals surface area contributed by atoms with Crippen LogP contribution in [0.15, 0.2) is 12.5 Å². The van der Waals surface area contributed by atoms with E-state index < -0.39 is 5.97 Å².